The molecule has 0 spiro atoms. The van der Waals surface area contributed by atoms with Gasteiger partial charge in [0.05, 0.1) is 0 Å². The van der Waals surface area contributed by atoms with E-state index in [4.69, 9.17) is 5.73 Å². The van der Waals surface area contributed by atoms with Crippen LogP contribution in [0.3, 0.4) is 0 Å². The van der Waals surface area contributed by atoms with E-state index >= 15 is 0 Å². The summed E-state index contributed by atoms with van der Waals surface area (Å²) in [6.07, 6.45) is 10.7. The largest absolute Gasteiger partial charge is 0.356 e. The quantitative estimate of drug-likeness (QED) is 0.789. The Morgan fingerprint density at radius 1 is 1.06 bits per heavy atom. The first kappa shape index (κ1) is 12.9. The summed E-state index contributed by atoms with van der Waals surface area (Å²) in [6, 6.07) is 0.301. The van der Waals surface area contributed by atoms with Crippen molar-refractivity contribution in [3.8, 4) is 0 Å². The van der Waals surface area contributed by atoms with Crippen molar-refractivity contribution in [1.29, 1.82) is 0 Å². The van der Waals surface area contributed by atoms with Crippen LogP contribution < -0.4 is 11.1 Å². The zero-order chi connectivity index (χ0) is 12.1. The molecule has 2 rings (SSSR count). The maximum Gasteiger partial charge on any atom is 0.220 e. The molecule has 1 amide bonds. The zero-order valence-electron chi connectivity index (χ0n) is 10.8. The summed E-state index contributed by atoms with van der Waals surface area (Å²) >= 11 is 0. The van der Waals surface area contributed by atoms with Gasteiger partial charge in [-0.05, 0) is 37.5 Å². The summed E-state index contributed by atoms with van der Waals surface area (Å²) in [5.74, 6) is 1.40. The van der Waals surface area contributed by atoms with Crippen LogP contribution in [0.25, 0.3) is 0 Å². The van der Waals surface area contributed by atoms with Crippen molar-refractivity contribution in [2.45, 2.75) is 63.8 Å². The second kappa shape index (κ2) is 6.39. The van der Waals surface area contributed by atoms with Crippen LogP contribution >= 0.6 is 0 Å². The highest BCUT2D eigenvalue weighted by atomic mass is 16.1. The molecule has 0 aliphatic heterocycles. The van der Waals surface area contributed by atoms with Gasteiger partial charge in [-0.25, -0.2) is 0 Å². The van der Waals surface area contributed by atoms with Crippen LogP contribution in [0.4, 0.5) is 0 Å². The van der Waals surface area contributed by atoms with Gasteiger partial charge in [0, 0.05) is 19.0 Å². The van der Waals surface area contributed by atoms with Gasteiger partial charge in [0.15, 0.2) is 0 Å². The molecular formula is C14H26N2O. The first-order valence-corrected chi connectivity index (χ1v) is 7.28. The zero-order valence-corrected chi connectivity index (χ0v) is 10.8. The number of nitrogens with one attached hydrogen (secondary N) is 1. The van der Waals surface area contributed by atoms with Crippen molar-refractivity contribution >= 4 is 5.91 Å². The normalized spacial score (nSPS) is 30.4. The third kappa shape index (κ3) is 3.98. The summed E-state index contributed by atoms with van der Waals surface area (Å²) in [4.78, 5) is 11.8. The highest BCUT2D eigenvalue weighted by molar-refractivity contribution is 5.76. The molecule has 2 fully saturated rings. The lowest BCUT2D eigenvalue weighted by atomic mass is 9.85. The molecule has 3 N–H and O–H groups in total. The van der Waals surface area contributed by atoms with E-state index in [1.165, 1.54) is 44.9 Å². The van der Waals surface area contributed by atoms with Crippen LogP contribution in [0.1, 0.15) is 57.8 Å². The summed E-state index contributed by atoms with van der Waals surface area (Å²) in [6.45, 7) is 0.798. The summed E-state index contributed by atoms with van der Waals surface area (Å²) in [5, 5.41) is 3.09. The molecule has 0 aromatic carbocycles. The summed E-state index contributed by atoms with van der Waals surface area (Å²) in [5.41, 5.74) is 6.08. The van der Waals surface area contributed by atoms with Crippen LogP contribution in [0.5, 0.6) is 0 Å². The number of hydrogen-bond donors (Lipinski definition) is 2. The molecule has 0 aromatic heterocycles. The van der Waals surface area contributed by atoms with E-state index in [0.717, 1.165) is 19.4 Å². The Hall–Kier alpha value is -0.570. The smallest absolute Gasteiger partial charge is 0.220 e. The van der Waals surface area contributed by atoms with Gasteiger partial charge in [0.1, 0.15) is 0 Å². The molecule has 0 radical (unpaired) electrons. The fourth-order valence-corrected chi connectivity index (χ4v) is 3.28. The number of carbonyl (C=O) groups is 1. The maximum atomic E-state index is 11.8. The minimum atomic E-state index is 0.245. The minimum absolute atomic E-state index is 0.245. The van der Waals surface area contributed by atoms with E-state index < -0.39 is 0 Å². The molecule has 17 heavy (non-hydrogen) atoms. The van der Waals surface area contributed by atoms with Gasteiger partial charge in [-0.3, -0.25) is 4.79 Å². The van der Waals surface area contributed by atoms with Crippen LogP contribution in [0.2, 0.25) is 0 Å². The van der Waals surface area contributed by atoms with Crippen LogP contribution in [-0.2, 0) is 4.79 Å². The Kier molecular flexibility index (Phi) is 4.84. The van der Waals surface area contributed by atoms with E-state index in [-0.39, 0.29) is 5.91 Å². The molecular weight excluding hydrogens is 212 g/mol. The van der Waals surface area contributed by atoms with Gasteiger partial charge in [-0.15, -0.1) is 0 Å². The van der Waals surface area contributed by atoms with Gasteiger partial charge < -0.3 is 11.1 Å². The highest BCUT2D eigenvalue weighted by Crippen LogP contribution is 2.27. The topological polar surface area (TPSA) is 55.1 Å². The Morgan fingerprint density at radius 3 is 2.41 bits per heavy atom. The minimum Gasteiger partial charge on any atom is -0.356 e. The number of nitrogens with two attached hydrogens (primary N) is 1. The van der Waals surface area contributed by atoms with Crippen molar-refractivity contribution in [1.82, 2.24) is 5.32 Å². The Balaban J connectivity index is 1.64. The first-order chi connectivity index (χ1) is 8.25. The monoisotopic (exact) mass is 238 g/mol. The van der Waals surface area contributed by atoms with E-state index in [1.807, 2.05) is 0 Å². The van der Waals surface area contributed by atoms with Crippen molar-refractivity contribution in [3.63, 3.8) is 0 Å². The molecule has 2 unspecified atom stereocenters. The van der Waals surface area contributed by atoms with Crippen LogP contribution in [0.15, 0.2) is 0 Å². The second-order valence-electron chi connectivity index (χ2n) is 5.87. The van der Waals surface area contributed by atoms with Crippen molar-refractivity contribution in [2.75, 3.05) is 6.54 Å². The lowest BCUT2D eigenvalue weighted by Crippen LogP contribution is -2.41. The molecule has 0 aromatic rings. The number of hydrogen-bond acceptors (Lipinski definition) is 2. The highest BCUT2D eigenvalue weighted by Gasteiger charge is 2.23. The molecule has 2 aliphatic carbocycles. The number of carbonyl (C=O) groups excluding carboxylic acids is 1. The Bertz CT molecular complexity index is 249. The molecule has 3 heteroatoms. The third-order valence-corrected chi connectivity index (χ3v) is 4.48. The summed E-state index contributed by atoms with van der Waals surface area (Å²) < 4.78 is 0. The molecule has 2 aliphatic rings. The predicted octanol–water partition coefficient (Wildman–Crippen LogP) is 2.20. The molecule has 0 heterocycles. The maximum absolute atomic E-state index is 11.8. The van der Waals surface area contributed by atoms with Crippen LogP contribution in [0, 0.1) is 11.8 Å². The van der Waals surface area contributed by atoms with E-state index in [0.29, 0.717) is 17.9 Å². The predicted molar refractivity (Wildman–Crippen MR) is 69.5 cm³/mol. The number of amides is 1. The van der Waals surface area contributed by atoms with Gasteiger partial charge in [-0.2, -0.15) is 0 Å². The first-order valence-electron chi connectivity index (χ1n) is 7.28. The second-order valence-corrected chi connectivity index (χ2v) is 5.87. The molecule has 98 valence electrons. The SMILES string of the molecule is NC1CCCCC1CNC(=O)CC1CCCC1. The average molecular weight is 238 g/mol. The van der Waals surface area contributed by atoms with Gasteiger partial charge in [0.25, 0.3) is 0 Å². The lowest BCUT2D eigenvalue weighted by molar-refractivity contribution is -0.122. The van der Waals surface area contributed by atoms with Gasteiger partial charge in [-0.1, -0.05) is 25.7 Å². The Labute approximate surface area is 105 Å². The number of rotatable bonds is 4. The standard InChI is InChI=1S/C14H26N2O/c15-13-8-4-3-7-12(13)10-16-14(17)9-11-5-1-2-6-11/h11-13H,1-10,15H2,(H,16,17). The third-order valence-electron chi connectivity index (χ3n) is 4.48. The van der Waals surface area contributed by atoms with Gasteiger partial charge in [0.2, 0.25) is 5.91 Å². The van der Waals surface area contributed by atoms with Crippen LogP contribution in [-0.4, -0.2) is 18.5 Å². The lowest BCUT2D eigenvalue weighted by Gasteiger charge is -2.28. The Morgan fingerprint density at radius 2 is 1.71 bits per heavy atom. The average Bonchev–Trinajstić information content (AvgIpc) is 2.81. The van der Waals surface area contributed by atoms with Crippen molar-refractivity contribution in [3.05, 3.63) is 0 Å². The molecule has 2 saturated carbocycles. The molecule has 0 bridgehead atoms. The molecule has 2 atom stereocenters. The molecule has 3 nitrogen and oxygen atoms in total. The van der Waals surface area contributed by atoms with E-state index in [2.05, 4.69) is 5.32 Å². The van der Waals surface area contributed by atoms with E-state index in [9.17, 15) is 4.79 Å². The summed E-state index contributed by atoms with van der Waals surface area (Å²) in [7, 11) is 0. The van der Waals surface area contributed by atoms with Crippen molar-refractivity contribution < 1.29 is 4.79 Å². The van der Waals surface area contributed by atoms with E-state index in [1.54, 1.807) is 0 Å². The molecule has 0 saturated heterocycles. The van der Waals surface area contributed by atoms with Gasteiger partial charge >= 0.3 is 0 Å². The fourth-order valence-electron chi connectivity index (χ4n) is 3.28. The fraction of sp³-hybridized carbons (Fsp3) is 0.929. The van der Waals surface area contributed by atoms with Crippen molar-refractivity contribution in [2.24, 2.45) is 17.6 Å².